The molecule has 242 valence electrons. The zero-order chi connectivity index (χ0) is 31.8. The molecule has 2 saturated heterocycles. The van der Waals surface area contributed by atoms with Crippen LogP contribution in [-0.4, -0.2) is 88.9 Å². The van der Waals surface area contributed by atoms with Crippen molar-refractivity contribution >= 4 is 47.6 Å². The number of amides is 6. The summed E-state index contributed by atoms with van der Waals surface area (Å²) in [6.45, 7) is 8.13. The van der Waals surface area contributed by atoms with Gasteiger partial charge in [0.25, 0.3) is 6.21 Å². The predicted octanol–water partition coefficient (Wildman–Crippen LogP) is 1.48. The molecule has 2 fully saturated rings. The topological polar surface area (TPSA) is 194 Å². The lowest BCUT2D eigenvalue weighted by Crippen LogP contribution is -2.55. The van der Waals surface area contributed by atoms with Gasteiger partial charge >= 0.3 is 6.03 Å². The highest BCUT2D eigenvalue weighted by molar-refractivity contribution is 8.00. The number of hydrogen-bond donors (Lipinski definition) is 6. The number of fused-ring (bicyclic) bond motifs is 1. The van der Waals surface area contributed by atoms with E-state index in [1.54, 1.807) is 0 Å². The summed E-state index contributed by atoms with van der Waals surface area (Å²) in [4.78, 5) is 64.7. The Morgan fingerprint density at radius 3 is 2.37 bits per heavy atom. The lowest BCUT2D eigenvalue weighted by molar-refractivity contribution is -0.133. The van der Waals surface area contributed by atoms with E-state index in [4.69, 9.17) is 5.53 Å². The van der Waals surface area contributed by atoms with Crippen LogP contribution in [0.5, 0.6) is 0 Å². The monoisotopic (exact) mass is 622 g/mol. The molecule has 6 N–H and O–H groups in total. The van der Waals surface area contributed by atoms with Gasteiger partial charge in [-0.1, -0.05) is 40.5 Å². The summed E-state index contributed by atoms with van der Waals surface area (Å²) >= 11 is 1.88. The third-order valence-corrected chi connectivity index (χ3v) is 9.05. The molecule has 0 radical (unpaired) electrons. The molecule has 13 nitrogen and oxygen atoms in total. The molecule has 0 aromatic heterocycles. The van der Waals surface area contributed by atoms with E-state index in [9.17, 15) is 24.0 Å². The van der Waals surface area contributed by atoms with E-state index in [2.05, 4.69) is 36.7 Å². The summed E-state index contributed by atoms with van der Waals surface area (Å²) in [6, 6.07) is -1.22. The second-order valence-electron chi connectivity index (χ2n) is 12.1. The van der Waals surface area contributed by atoms with Crippen LogP contribution in [0.25, 0.3) is 5.53 Å². The molecule has 0 aromatic rings. The molecule has 0 unspecified atom stereocenters. The van der Waals surface area contributed by atoms with Gasteiger partial charge in [-0.2, -0.15) is 16.6 Å². The minimum atomic E-state index is -0.797. The van der Waals surface area contributed by atoms with Gasteiger partial charge in [0, 0.05) is 30.4 Å². The van der Waals surface area contributed by atoms with E-state index in [-0.39, 0.29) is 54.7 Å². The van der Waals surface area contributed by atoms with Crippen LogP contribution in [-0.2, 0) is 19.2 Å². The first-order chi connectivity index (χ1) is 20.5. The Morgan fingerprint density at radius 1 is 0.953 bits per heavy atom. The van der Waals surface area contributed by atoms with Crippen LogP contribution in [0, 0.1) is 11.8 Å². The molecule has 0 saturated carbocycles. The van der Waals surface area contributed by atoms with Crippen molar-refractivity contribution in [1.29, 1.82) is 0 Å². The molecule has 2 rings (SSSR count). The maximum absolute atomic E-state index is 13.0. The minimum absolute atomic E-state index is 0.0305. The molecular formula is C29H50N8O5S. The Kier molecular flexibility index (Phi) is 16.1. The number of hydrogen-bond acceptors (Lipinski definition) is 6. The van der Waals surface area contributed by atoms with Crippen molar-refractivity contribution in [2.75, 3.05) is 18.8 Å². The Morgan fingerprint density at radius 2 is 1.67 bits per heavy atom. The normalized spacial score (nSPS) is 20.3. The molecule has 0 bridgehead atoms. The van der Waals surface area contributed by atoms with Crippen molar-refractivity contribution in [2.45, 2.75) is 115 Å². The fourth-order valence-corrected chi connectivity index (χ4v) is 6.78. The summed E-state index contributed by atoms with van der Waals surface area (Å²) in [5, 5.41) is 17.5. The number of nitrogens with one attached hydrogen (secondary N) is 6. The first-order valence-corrected chi connectivity index (χ1v) is 16.5. The smallest absolute Gasteiger partial charge is 0.315 e. The predicted molar refractivity (Wildman–Crippen MR) is 166 cm³/mol. The molecule has 5 atom stereocenters. The zero-order valence-corrected chi connectivity index (χ0v) is 26.8. The van der Waals surface area contributed by atoms with Crippen LogP contribution in [0.4, 0.5) is 4.79 Å². The number of carbonyl (C=O) groups is 5. The molecule has 2 aliphatic heterocycles. The van der Waals surface area contributed by atoms with E-state index in [0.29, 0.717) is 31.1 Å². The van der Waals surface area contributed by atoms with Crippen LogP contribution < -0.4 is 31.9 Å². The Hall–Kier alpha value is -3.12. The first-order valence-electron chi connectivity index (χ1n) is 15.5. The maximum Gasteiger partial charge on any atom is 0.315 e. The van der Waals surface area contributed by atoms with E-state index >= 15 is 0 Å². The zero-order valence-electron chi connectivity index (χ0n) is 25.9. The highest BCUT2D eigenvalue weighted by atomic mass is 32.2. The second kappa shape index (κ2) is 19.2. The molecule has 0 aliphatic carbocycles. The van der Waals surface area contributed by atoms with Crippen molar-refractivity contribution in [2.24, 2.45) is 11.8 Å². The van der Waals surface area contributed by atoms with E-state index in [1.165, 1.54) is 0 Å². The summed E-state index contributed by atoms with van der Waals surface area (Å²) in [5.41, 5.74) is 8.51. The van der Waals surface area contributed by atoms with Crippen LogP contribution in [0.1, 0.15) is 85.5 Å². The van der Waals surface area contributed by atoms with Gasteiger partial charge < -0.3 is 37.4 Å². The third-order valence-electron chi connectivity index (χ3n) is 7.54. The van der Waals surface area contributed by atoms with Gasteiger partial charge in [-0.25, -0.2) is 4.79 Å². The Balaban J connectivity index is 1.61. The van der Waals surface area contributed by atoms with Crippen molar-refractivity contribution < 1.29 is 28.8 Å². The largest absolute Gasteiger partial charge is 0.362 e. The number of thioether (sulfide) groups is 1. The lowest BCUT2D eigenvalue weighted by atomic mass is 9.99. The van der Waals surface area contributed by atoms with Crippen molar-refractivity contribution in [3.05, 3.63) is 5.53 Å². The standard InChI is InChI=1S/C29H50N8O5S/c1-18(2)16-20(27(40)36-25(19(3)4)28(41)32-14-15-33-30)34-24(39)12-6-5-9-13-31-23(38)11-8-7-10-22-26-21(17-43-22)35-29(42)37-26/h15,18-22,25-26H,5-14,16-17H2,1-4H3,(H,31,38)(H,32,41)(H,34,39)(H,36,40)(H2,35,37,42)/t20-,21-,22-,25-,26-/m0/s1. The molecule has 6 amide bonds. The minimum Gasteiger partial charge on any atom is -0.362 e. The van der Waals surface area contributed by atoms with Crippen molar-refractivity contribution in [3.63, 3.8) is 0 Å². The van der Waals surface area contributed by atoms with Gasteiger partial charge in [-0.05, 0) is 43.9 Å². The first kappa shape index (κ1) is 36.1. The van der Waals surface area contributed by atoms with Crippen LogP contribution >= 0.6 is 11.8 Å². The SMILES string of the molecule is CC(C)C[C@H](NC(=O)CCCCCNC(=O)CCCC[C@@H]1SC[C@@H]2NC(=O)N[C@@H]21)C(=O)N[C@H](C(=O)NCC=[N+]=[N-])C(C)C. The summed E-state index contributed by atoms with van der Waals surface area (Å²) < 4.78 is 0. The van der Waals surface area contributed by atoms with E-state index in [1.807, 2.05) is 39.5 Å². The van der Waals surface area contributed by atoms with E-state index < -0.39 is 23.9 Å². The summed E-state index contributed by atoms with van der Waals surface area (Å²) in [7, 11) is 0. The number of carbonyl (C=O) groups excluding carboxylic acids is 5. The van der Waals surface area contributed by atoms with Gasteiger partial charge in [0.2, 0.25) is 23.6 Å². The molecule has 2 heterocycles. The lowest BCUT2D eigenvalue weighted by Gasteiger charge is -2.26. The van der Waals surface area contributed by atoms with Crippen LogP contribution in [0.3, 0.4) is 0 Å². The summed E-state index contributed by atoms with van der Waals surface area (Å²) in [6.07, 6.45) is 7.21. The van der Waals surface area contributed by atoms with Gasteiger partial charge in [0.05, 0.1) is 12.1 Å². The molecule has 0 spiro atoms. The molecule has 2 aliphatic rings. The number of rotatable bonds is 20. The number of nitrogens with zero attached hydrogens (tertiary/aromatic N) is 2. The third kappa shape index (κ3) is 13.4. The number of urea groups is 1. The van der Waals surface area contributed by atoms with Crippen LogP contribution in [0.15, 0.2) is 0 Å². The maximum atomic E-state index is 13.0. The number of unbranched alkanes of at least 4 members (excludes halogenated alkanes) is 3. The average Bonchev–Trinajstić information content (AvgIpc) is 3.49. The Bertz CT molecular complexity index is 1000. The quantitative estimate of drug-likeness (QED) is 0.0391. The fourth-order valence-electron chi connectivity index (χ4n) is 5.23. The fraction of sp³-hybridized carbons (Fsp3) is 0.793. The second-order valence-corrected chi connectivity index (χ2v) is 13.3. The van der Waals surface area contributed by atoms with Crippen molar-refractivity contribution in [3.8, 4) is 0 Å². The van der Waals surface area contributed by atoms with Gasteiger partial charge in [-0.15, -0.1) is 0 Å². The van der Waals surface area contributed by atoms with Gasteiger partial charge in [0.1, 0.15) is 18.6 Å². The molecule has 43 heavy (non-hydrogen) atoms. The average molecular weight is 623 g/mol. The highest BCUT2D eigenvalue weighted by Crippen LogP contribution is 2.33. The summed E-state index contributed by atoms with van der Waals surface area (Å²) in [5.74, 6) is -0.116. The van der Waals surface area contributed by atoms with E-state index in [0.717, 1.165) is 44.1 Å². The van der Waals surface area contributed by atoms with Gasteiger partial charge in [0.15, 0.2) is 0 Å². The highest BCUT2D eigenvalue weighted by Gasteiger charge is 2.42. The van der Waals surface area contributed by atoms with Gasteiger partial charge in [-0.3, -0.25) is 19.2 Å². The van der Waals surface area contributed by atoms with Crippen LogP contribution in [0.2, 0.25) is 0 Å². The molecule has 14 heteroatoms. The molecular weight excluding hydrogens is 572 g/mol. The van der Waals surface area contributed by atoms with Crippen molar-refractivity contribution in [1.82, 2.24) is 31.9 Å². The Labute approximate surface area is 259 Å². The molecule has 0 aromatic carbocycles.